The zero-order valence-corrected chi connectivity index (χ0v) is 7.04. The third kappa shape index (κ3) is 4.01. The van der Waals surface area contributed by atoms with Crippen LogP contribution in [0.3, 0.4) is 0 Å². The van der Waals surface area contributed by atoms with E-state index in [9.17, 15) is 4.79 Å². The van der Waals surface area contributed by atoms with Crippen molar-refractivity contribution in [3.05, 3.63) is 12.7 Å². The minimum atomic E-state index is -0.991. The fraction of sp³-hybridized carbons (Fsp3) is 0.571. The molecule has 0 aromatic heterocycles. The molecule has 2 atom stereocenters. The molecule has 11 heavy (non-hydrogen) atoms. The Kier molecular flexibility index (Phi) is 4.90. The van der Waals surface area contributed by atoms with E-state index in [0.717, 1.165) is 0 Å². The molecule has 0 aromatic rings. The van der Waals surface area contributed by atoms with Crippen molar-refractivity contribution in [2.24, 2.45) is 0 Å². The normalized spacial score (nSPS) is 15.2. The molecule has 0 spiro atoms. The van der Waals surface area contributed by atoms with Crippen molar-refractivity contribution in [1.82, 2.24) is 0 Å². The van der Waals surface area contributed by atoms with Gasteiger partial charge in [-0.1, -0.05) is 12.7 Å². The van der Waals surface area contributed by atoms with Gasteiger partial charge in [0.1, 0.15) is 6.61 Å². The first kappa shape index (κ1) is 10.5. The van der Waals surface area contributed by atoms with Gasteiger partial charge < -0.3 is 9.84 Å². The second-order valence-corrected chi connectivity index (χ2v) is 2.53. The first-order chi connectivity index (χ1) is 5.09. The monoisotopic (exact) mass is 178 g/mol. The topological polar surface area (TPSA) is 46.5 Å². The molecule has 0 bridgehead atoms. The first-order valence-corrected chi connectivity index (χ1v) is 3.63. The highest BCUT2D eigenvalue weighted by molar-refractivity contribution is 6.30. The van der Waals surface area contributed by atoms with Crippen LogP contribution in [0.25, 0.3) is 0 Å². The van der Waals surface area contributed by atoms with Crippen molar-refractivity contribution in [2.45, 2.75) is 18.4 Å². The minimum Gasteiger partial charge on any atom is -0.460 e. The van der Waals surface area contributed by atoms with Crippen LogP contribution in [0.15, 0.2) is 12.7 Å². The number of esters is 1. The van der Waals surface area contributed by atoms with E-state index in [1.54, 1.807) is 0 Å². The van der Waals surface area contributed by atoms with Gasteiger partial charge in [0.2, 0.25) is 0 Å². The molecule has 0 saturated heterocycles. The fourth-order valence-electron chi connectivity index (χ4n) is 0.418. The molecule has 1 N–H and O–H groups in total. The van der Waals surface area contributed by atoms with Gasteiger partial charge in [-0.05, 0) is 6.92 Å². The molecule has 0 amide bonds. The van der Waals surface area contributed by atoms with Crippen LogP contribution in [0.2, 0.25) is 0 Å². The highest BCUT2D eigenvalue weighted by Gasteiger charge is 2.21. The number of carbonyl (C=O) groups is 1. The van der Waals surface area contributed by atoms with Gasteiger partial charge in [-0.25, -0.2) is 0 Å². The summed E-state index contributed by atoms with van der Waals surface area (Å²) in [5, 5.41) is 7.84. The number of aliphatic hydroxyl groups is 1. The zero-order valence-electron chi connectivity index (χ0n) is 6.29. The number of hydrogen-bond acceptors (Lipinski definition) is 3. The Morgan fingerprint density at radius 3 is 2.82 bits per heavy atom. The Morgan fingerprint density at radius 1 is 1.91 bits per heavy atom. The third-order valence-corrected chi connectivity index (χ3v) is 1.53. The van der Waals surface area contributed by atoms with Crippen molar-refractivity contribution in [3.8, 4) is 0 Å². The van der Waals surface area contributed by atoms with Crippen molar-refractivity contribution < 1.29 is 14.6 Å². The standard InChI is InChI=1S/C7H11ClO3/c1-3-4-11-7(10)6(8)5(2)9/h3,5-6,9H,1,4H2,2H3. The Balaban J connectivity index is 3.73. The van der Waals surface area contributed by atoms with E-state index in [2.05, 4.69) is 11.3 Å². The lowest BCUT2D eigenvalue weighted by Gasteiger charge is -2.10. The highest BCUT2D eigenvalue weighted by Crippen LogP contribution is 2.04. The Morgan fingerprint density at radius 2 is 2.45 bits per heavy atom. The molecule has 0 aliphatic carbocycles. The van der Waals surface area contributed by atoms with E-state index in [4.69, 9.17) is 16.7 Å². The predicted octanol–water partition coefficient (Wildman–Crippen LogP) is 0.704. The summed E-state index contributed by atoms with van der Waals surface area (Å²) >= 11 is 5.44. The van der Waals surface area contributed by atoms with E-state index < -0.39 is 17.5 Å². The molecule has 2 unspecified atom stereocenters. The van der Waals surface area contributed by atoms with E-state index in [0.29, 0.717) is 0 Å². The van der Waals surface area contributed by atoms with E-state index in [1.807, 2.05) is 0 Å². The van der Waals surface area contributed by atoms with Crippen molar-refractivity contribution in [3.63, 3.8) is 0 Å². The van der Waals surface area contributed by atoms with Gasteiger partial charge in [0.05, 0.1) is 6.10 Å². The molecule has 64 valence electrons. The molecule has 0 radical (unpaired) electrons. The number of halogens is 1. The van der Waals surface area contributed by atoms with Gasteiger partial charge in [-0.15, -0.1) is 11.6 Å². The van der Waals surface area contributed by atoms with Gasteiger partial charge in [-0.2, -0.15) is 0 Å². The molecular weight excluding hydrogens is 168 g/mol. The van der Waals surface area contributed by atoms with Crippen LogP contribution in [-0.4, -0.2) is 29.2 Å². The summed E-state index contributed by atoms with van der Waals surface area (Å²) in [6, 6.07) is 0. The van der Waals surface area contributed by atoms with Crippen LogP contribution >= 0.6 is 11.6 Å². The summed E-state index contributed by atoms with van der Waals surface area (Å²) in [5.41, 5.74) is 0. The van der Waals surface area contributed by atoms with Crippen molar-refractivity contribution in [1.29, 1.82) is 0 Å². The Labute approximate surface area is 70.6 Å². The SMILES string of the molecule is C=CCOC(=O)C(Cl)C(C)O. The molecule has 0 aromatic carbocycles. The molecular formula is C7H11ClO3. The molecule has 0 fully saturated rings. The maximum Gasteiger partial charge on any atom is 0.327 e. The maximum absolute atomic E-state index is 10.8. The van der Waals surface area contributed by atoms with Crippen molar-refractivity contribution >= 4 is 17.6 Å². The second-order valence-electron chi connectivity index (χ2n) is 2.06. The van der Waals surface area contributed by atoms with Gasteiger partial charge in [0.15, 0.2) is 5.38 Å². The molecule has 0 aliphatic heterocycles. The number of ether oxygens (including phenoxy) is 1. The van der Waals surface area contributed by atoms with E-state index in [1.165, 1.54) is 13.0 Å². The van der Waals surface area contributed by atoms with Crippen LogP contribution < -0.4 is 0 Å². The minimum absolute atomic E-state index is 0.120. The Hall–Kier alpha value is -0.540. The Bertz CT molecular complexity index is 145. The third-order valence-electron chi connectivity index (χ3n) is 0.992. The second kappa shape index (κ2) is 5.16. The smallest absolute Gasteiger partial charge is 0.327 e. The lowest BCUT2D eigenvalue weighted by Crippen LogP contribution is -2.28. The molecule has 0 saturated carbocycles. The predicted molar refractivity (Wildman–Crippen MR) is 42.5 cm³/mol. The number of rotatable bonds is 4. The van der Waals surface area contributed by atoms with Crippen LogP contribution in [0.5, 0.6) is 0 Å². The molecule has 0 heterocycles. The van der Waals surface area contributed by atoms with Crippen LogP contribution in [0.1, 0.15) is 6.92 Å². The summed E-state index contributed by atoms with van der Waals surface area (Å²) in [6.07, 6.45) is 0.540. The zero-order chi connectivity index (χ0) is 8.85. The van der Waals surface area contributed by atoms with Gasteiger partial charge in [-0.3, -0.25) is 4.79 Å². The lowest BCUT2D eigenvalue weighted by molar-refractivity contribution is -0.143. The molecule has 0 rings (SSSR count). The number of alkyl halides is 1. The van der Waals surface area contributed by atoms with Gasteiger partial charge in [0, 0.05) is 0 Å². The van der Waals surface area contributed by atoms with Gasteiger partial charge in [0.25, 0.3) is 0 Å². The molecule has 3 nitrogen and oxygen atoms in total. The summed E-state index contributed by atoms with van der Waals surface area (Å²) in [6.45, 7) is 4.90. The lowest BCUT2D eigenvalue weighted by atomic mass is 10.3. The van der Waals surface area contributed by atoms with Crippen LogP contribution in [0, 0.1) is 0 Å². The first-order valence-electron chi connectivity index (χ1n) is 3.19. The molecule has 4 heteroatoms. The average Bonchev–Trinajstić information content (AvgIpc) is 1.98. The average molecular weight is 179 g/mol. The number of aliphatic hydroxyl groups excluding tert-OH is 1. The van der Waals surface area contributed by atoms with E-state index >= 15 is 0 Å². The molecule has 0 aliphatic rings. The number of carbonyl (C=O) groups excluding carboxylic acids is 1. The van der Waals surface area contributed by atoms with Gasteiger partial charge >= 0.3 is 5.97 Å². The maximum atomic E-state index is 10.8. The summed E-state index contributed by atoms with van der Waals surface area (Å²) in [7, 11) is 0. The highest BCUT2D eigenvalue weighted by atomic mass is 35.5. The summed E-state index contributed by atoms with van der Waals surface area (Å²) in [5.74, 6) is -0.624. The largest absolute Gasteiger partial charge is 0.460 e. The number of hydrogen-bond donors (Lipinski definition) is 1. The fourth-order valence-corrected chi connectivity index (χ4v) is 0.481. The summed E-state index contributed by atoms with van der Waals surface area (Å²) < 4.78 is 4.57. The summed E-state index contributed by atoms with van der Waals surface area (Å²) in [4.78, 5) is 10.8. The van der Waals surface area contributed by atoms with Crippen LogP contribution in [-0.2, 0) is 9.53 Å². The van der Waals surface area contributed by atoms with E-state index in [-0.39, 0.29) is 6.61 Å². The van der Waals surface area contributed by atoms with Crippen LogP contribution in [0.4, 0.5) is 0 Å². The quantitative estimate of drug-likeness (QED) is 0.392. The van der Waals surface area contributed by atoms with Crippen molar-refractivity contribution in [2.75, 3.05) is 6.61 Å².